The van der Waals surface area contributed by atoms with E-state index in [1.807, 2.05) is 0 Å². The monoisotopic (exact) mass is 494 g/mol. The molecule has 0 spiro atoms. The Hall–Kier alpha value is -2.75. The average Bonchev–Trinajstić information content (AvgIpc) is 3.44. The second kappa shape index (κ2) is 10.7. The second-order valence-electron chi connectivity index (χ2n) is 8.63. The van der Waals surface area contributed by atoms with Crippen molar-refractivity contribution in [2.24, 2.45) is 5.92 Å². The number of hydrogen-bond acceptors (Lipinski definition) is 4. The minimum Gasteiger partial charge on any atom is -0.355 e. The van der Waals surface area contributed by atoms with E-state index in [4.69, 9.17) is 0 Å². The molecule has 34 heavy (non-hydrogen) atoms. The summed E-state index contributed by atoms with van der Waals surface area (Å²) >= 11 is 1.30. The molecule has 1 aliphatic carbocycles. The van der Waals surface area contributed by atoms with Crippen LogP contribution in [0.1, 0.15) is 44.2 Å². The number of carbonyl (C=O) groups is 1. The van der Waals surface area contributed by atoms with Gasteiger partial charge in [-0.05, 0) is 43.0 Å². The Kier molecular flexibility index (Phi) is 7.65. The van der Waals surface area contributed by atoms with E-state index in [1.54, 1.807) is 5.38 Å². The average molecular weight is 495 g/mol. The molecular weight excluding hydrogens is 468 g/mol. The highest BCUT2D eigenvalue weighted by atomic mass is 32.1. The van der Waals surface area contributed by atoms with Crippen LogP contribution in [-0.2, 0) is 17.8 Å². The summed E-state index contributed by atoms with van der Waals surface area (Å²) in [4.78, 5) is 16.9. The molecule has 1 saturated carbocycles. The van der Waals surface area contributed by atoms with Crippen LogP contribution in [0.3, 0.4) is 0 Å². The van der Waals surface area contributed by atoms with Crippen LogP contribution in [0.5, 0.6) is 0 Å². The van der Waals surface area contributed by atoms with Crippen LogP contribution < -0.4 is 5.32 Å². The third kappa shape index (κ3) is 6.43. The van der Waals surface area contributed by atoms with Gasteiger partial charge in [-0.2, -0.15) is 18.3 Å². The lowest BCUT2D eigenvalue weighted by atomic mass is 9.89. The number of halogens is 4. The van der Waals surface area contributed by atoms with Gasteiger partial charge in [0.25, 0.3) is 0 Å². The van der Waals surface area contributed by atoms with Gasteiger partial charge in [0.2, 0.25) is 5.91 Å². The first-order valence-electron chi connectivity index (χ1n) is 11.4. The van der Waals surface area contributed by atoms with E-state index < -0.39 is 18.4 Å². The first-order chi connectivity index (χ1) is 16.3. The smallest absolute Gasteiger partial charge is 0.355 e. The normalized spacial score (nSPS) is 14.9. The number of carbonyl (C=O) groups excluding carboxylic acids is 1. The standard InChI is InChI=1S/C24H26F4N4OS/c25-18-8-6-17(7-9-18)22-20(14-30-32(22)11-10-24(26,27)28)23-31-19(15-34-23)12-21(33)29-13-16-4-2-1-3-5-16/h6-9,14-16H,1-5,10-13H2,(H,29,33). The molecule has 1 N–H and O–H groups in total. The highest BCUT2D eigenvalue weighted by Crippen LogP contribution is 2.35. The first kappa shape index (κ1) is 24.4. The number of aromatic nitrogens is 3. The van der Waals surface area contributed by atoms with Crippen LogP contribution in [0.2, 0.25) is 0 Å². The Labute approximate surface area is 199 Å². The maximum Gasteiger partial charge on any atom is 0.390 e. The molecule has 0 saturated heterocycles. The number of thiazole rings is 1. The summed E-state index contributed by atoms with van der Waals surface area (Å²) < 4.78 is 53.2. The van der Waals surface area contributed by atoms with Crippen molar-refractivity contribution in [1.82, 2.24) is 20.1 Å². The summed E-state index contributed by atoms with van der Waals surface area (Å²) in [6, 6.07) is 5.52. The Morgan fingerprint density at radius 3 is 2.59 bits per heavy atom. The molecule has 10 heteroatoms. The number of nitrogens with one attached hydrogen (secondary N) is 1. The molecule has 0 aliphatic heterocycles. The summed E-state index contributed by atoms with van der Waals surface area (Å²) in [6.45, 7) is 0.314. The van der Waals surface area contributed by atoms with Crippen LogP contribution >= 0.6 is 11.3 Å². The van der Waals surface area contributed by atoms with E-state index in [1.165, 1.54) is 65.7 Å². The van der Waals surface area contributed by atoms with Gasteiger partial charge >= 0.3 is 6.18 Å². The minimum absolute atomic E-state index is 0.0953. The predicted molar refractivity (Wildman–Crippen MR) is 123 cm³/mol. The molecule has 2 aromatic heterocycles. The first-order valence-corrected chi connectivity index (χ1v) is 12.3. The summed E-state index contributed by atoms with van der Waals surface area (Å²) in [6.07, 6.45) is 2.22. The topological polar surface area (TPSA) is 59.8 Å². The zero-order valence-corrected chi connectivity index (χ0v) is 19.4. The number of amides is 1. The van der Waals surface area contributed by atoms with Gasteiger partial charge in [0.1, 0.15) is 10.8 Å². The zero-order valence-electron chi connectivity index (χ0n) is 18.6. The SMILES string of the molecule is O=C(Cc1csc(-c2cnn(CCC(F)(F)F)c2-c2ccc(F)cc2)n1)NCC1CCCCC1. The number of nitrogens with zero attached hydrogens (tertiary/aromatic N) is 3. The van der Waals surface area contributed by atoms with E-state index >= 15 is 0 Å². The molecule has 0 unspecified atom stereocenters. The lowest BCUT2D eigenvalue weighted by molar-refractivity contribution is -0.137. The Morgan fingerprint density at radius 2 is 1.88 bits per heavy atom. The number of benzene rings is 1. The molecular formula is C24H26F4N4OS. The molecule has 2 heterocycles. The maximum absolute atomic E-state index is 13.4. The molecule has 0 bridgehead atoms. The van der Waals surface area contributed by atoms with Crippen molar-refractivity contribution in [2.75, 3.05) is 6.54 Å². The molecule has 1 amide bonds. The van der Waals surface area contributed by atoms with Crippen LogP contribution in [0.4, 0.5) is 17.6 Å². The van der Waals surface area contributed by atoms with Crippen molar-refractivity contribution < 1.29 is 22.4 Å². The van der Waals surface area contributed by atoms with Crippen LogP contribution in [0.25, 0.3) is 21.8 Å². The number of aryl methyl sites for hydroxylation is 1. The van der Waals surface area contributed by atoms with Gasteiger partial charge in [-0.15, -0.1) is 11.3 Å². The van der Waals surface area contributed by atoms with Gasteiger partial charge in [-0.3, -0.25) is 9.48 Å². The predicted octanol–water partition coefficient (Wildman–Crippen LogP) is 6.00. The van der Waals surface area contributed by atoms with Crippen molar-refractivity contribution in [2.45, 2.75) is 57.7 Å². The van der Waals surface area contributed by atoms with Crippen molar-refractivity contribution >= 4 is 17.2 Å². The zero-order chi connectivity index (χ0) is 24.1. The molecule has 182 valence electrons. The molecule has 3 aromatic rings. The van der Waals surface area contributed by atoms with E-state index in [2.05, 4.69) is 15.4 Å². The number of hydrogen-bond donors (Lipinski definition) is 1. The van der Waals surface area contributed by atoms with Gasteiger partial charge in [0, 0.05) is 17.5 Å². The van der Waals surface area contributed by atoms with E-state index in [9.17, 15) is 22.4 Å². The van der Waals surface area contributed by atoms with Crippen LogP contribution in [-0.4, -0.2) is 33.4 Å². The molecule has 1 aromatic carbocycles. The fourth-order valence-electron chi connectivity index (χ4n) is 4.24. The van der Waals surface area contributed by atoms with Crippen molar-refractivity contribution in [1.29, 1.82) is 0 Å². The van der Waals surface area contributed by atoms with Crippen molar-refractivity contribution in [3.63, 3.8) is 0 Å². The fourth-order valence-corrected chi connectivity index (χ4v) is 5.07. The van der Waals surface area contributed by atoms with Gasteiger partial charge in [-0.1, -0.05) is 19.3 Å². The summed E-state index contributed by atoms with van der Waals surface area (Å²) in [5.74, 6) is -0.00557. The summed E-state index contributed by atoms with van der Waals surface area (Å²) in [5.41, 5.74) is 2.12. The van der Waals surface area contributed by atoms with E-state index in [0.29, 0.717) is 40.0 Å². The Balaban J connectivity index is 1.50. The number of alkyl halides is 3. The third-order valence-electron chi connectivity index (χ3n) is 6.00. The summed E-state index contributed by atoms with van der Waals surface area (Å²) in [5, 5.41) is 9.47. The van der Waals surface area contributed by atoms with Crippen molar-refractivity contribution in [3.8, 4) is 21.8 Å². The minimum atomic E-state index is -4.33. The van der Waals surface area contributed by atoms with Crippen LogP contribution in [0.15, 0.2) is 35.8 Å². The van der Waals surface area contributed by atoms with E-state index in [-0.39, 0.29) is 18.9 Å². The molecule has 0 radical (unpaired) electrons. The van der Waals surface area contributed by atoms with Gasteiger partial charge in [-0.25, -0.2) is 9.37 Å². The van der Waals surface area contributed by atoms with Crippen molar-refractivity contribution in [3.05, 3.63) is 47.4 Å². The quantitative estimate of drug-likeness (QED) is 0.391. The molecule has 1 fully saturated rings. The molecule has 4 rings (SSSR count). The molecule has 1 aliphatic rings. The van der Waals surface area contributed by atoms with E-state index in [0.717, 1.165) is 12.8 Å². The van der Waals surface area contributed by atoms with Crippen LogP contribution in [0, 0.1) is 11.7 Å². The Morgan fingerprint density at radius 1 is 1.15 bits per heavy atom. The lowest BCUT2D eigenvalue weighted by Crippen LogP contribution is -2.31. The molecule has 5 nitrogen and oxygen atoms in total. The van der Waals surface area contributed by atoms with Gasteiger partial charge in [0.15, 0.2) is 0 Å². The molecule has 0 atom stereocenters. The highest BCUT2D eigenvalue weighted by molar-refractivity contribution is 7.13. The number of rotatable bonds is 8. The summed E-state index contributed by atoms with van der Waals surface area (Å²) in [7, 11) is 0. The Bertz CT molecular complexity index is 1100. The van der Waals surface area contributed by atoms with Gasteiger partial charge < -0.3 is 5.32 Å². The second-order valence-corrected chi connectivity index (χ2v) is 9.49. The maximum atomic E-state index is 13.4. The van der Waals surface area contributed by atoms with Gasteiger partial charge in [0.05, 0.1) is 42.5 Å². The largest absolute Gasteiger partial charge is 0.390 e. The lowest BCUT2D eigenvalue weighted by Gasteiger charge is -2.21. The highest BCUT2D eigenvalue weighted by Gasteiger charge is 2.28. The fraction of sp³-hybridized carbons (Fsp3) is 0.458. The third-order valence-corrected chi connectivity index (χ3v) is 6.93.